The summed E-state index contributed by atoms with van der Waals surface area (Å²) < 4.78 is 16.1. The number of ether oxygens (including phenoxy) is 2. The lowest BCUT2D eigenvalue weighted by Crippen LogP contribution is -2.08. The summed E-state index contributed by atoms with van der Waals surface area (Å²) in [6.07, 6.45) is 1.74. The molecule has 1 aromatic carbocycles. The normalized spacial score (nSPS) is 12.2. The molecule has 1 unspecified atom stereocenters. The molecule has 0 fully saturated rings. The number of hydrogen-bond acceptors (Lipinski definition) is 6. The van der Waals surface area contributed by atoms with Gasteiger partial charge < -0.3 is 19.7 Å². The van der Waals surface area contributed by atoms with Crippen LogP contribution in [0, 0.1) is 0 Å². The number of benzene rings is 1. The van der Waals surface area contributed by atoms with Crippen molar-refractivity contribution in [2.24, 2.45) is 5.73 Å². The van der Waals surface area contributed by atoms with Crippen LogP contribution in [0.15, 0.2) is 22.7 Å². The molecular formula is C15H21N3O3. The number of nitrogens with zero attached hydrogens (tertiary/aromatic N) is 2. The van der Waals surface area contributed by atoms with E-state index in [1.54, 1.807) is 7.11 Å². The number of rotatable bonds is 7. The zero-order chi connectivity index (χ0) is 15.2. The summed E-state index contributed by atoms with van der Waals surface area (Å²) in [5.41, 5.74) is 6.86. The summed E-state index contributed by atoms with van der Waals surface area (Å²) in [4.78, 5) is 4.27. The van der Waals surface area contributed by atoms with E-state index in [0.29, 0.717) is 23.2 Å². The Kier molecular flexibility index (Phi) is 5.16. The summed E-state index contributed by atoms with van der Waals surface area (Å²) in [5, 5.41) is 3.89. The van der Waals surface area contributed by atoms with Crippen molar-refractivity contribution in [2.45, 2.75) is 39.3 Å². The standard InChI is InChI=1S/C15H21N3O3/c1-4-5-15-17-14(18-21-15)9-20-13-8-11(19-3)6-7-12(13)10(2)16/h6-8,10H,4-5,9,16H2,1-3H3. The van der Waals surface area contributed by atoms with E-state index in [2.05, 4.69) is 17.1 Å². The summed E-state index contributed by atoms with van der Waals surface area (Å²) >= 11 is 0. The SMILES string of the molecule is CCCc1nc(COc2cc(OC)ccc2C(C)N)no1. The molecule has 1 atom stereocenters. The van der Waals surface area contributed by atoms with Gasteiger partial charge in [-0.15, -0.1) is 0 Å². The van der Waals surface area contributed by atoms with Crippen LogP contribution < -0.4 is 15.2 Å². The molecule has 114 valence electrons. The highest BCUT2D eigenvalue weighted by atomic mass is 16.5. The summed E-state index contributed by atoms with van der Waals surface area (Å²) in [7, 11) is 1.61. The maximum atomic E-state index is 5.95. The van der Waals surface area contributed by atoms with Crippen molar-refractivity contribution in [3.63, 3.8) is 0 Å². The van der Waals surface area contributed by atoms with Gasteiger partial charge in [-0.1, -0.05) is 18.1 Å². The molecule has 0 spiro atoms. The average molecular weight is 291 g/mol. The maximum Gasteiger partial charge on any atom is 0.226 e. The Labute approximate surface area is 124 Å². The highest BCUT2D eigenvalue weighted by Crippen LogP contribution is 2.29. The second-order valence-electron chi connectivity index (χ2n) is 4.84. The molecule has 0 bridgehead atoms. The monoisotopic (exact) mass is 291 g/mol. The first-order chi connectivity index (χ1) is 10.1. The minimum absolute atomic E-state index is 0.133. The minimum Gasteiger partial charge on any atom is -0.497 e. The molecule has 0 aliphatic heterocycles. The number of aromatic nitrogens is 2. The third-order valence-electron chi connectivity index (χ3n) is 3.04. The van der Waals surface area contributed by atoms with Crippen LogP contribution >= 0.6 is 0 Å². The smallest absolute Gasteiger partial charge is 0.226 e. The van der Waals surface area contributed by atoms with E-state index < -0.39 is 0 Å². The van der Waals surface area contributed by atoms with E-state index in [-0.39, 0.29) is 12.6 Å². The van der Waals surface area contributed by atoms with Crippen LogP contribution in [0.25, 0.3) is 0 Å². The number of hydrogen-bond donors (Lipinski definition) is 1. The van der Waals surface area contributed by atoms with E-state index in [1.807, 2.05) is 25.1 Å². The van der Waals surface area contributed by atoms with Crippen LogP contribution in [0.3, 0.4) is 0 Å². The first kappa shape index (κ1) is 15.3. The highest BCUT2D eigenvalue weighted by molar-refractivity contribution is 5.42. The second-order valence-corrected chi connectivity index (χ2v) is 4.84. The summed E-state index contributed by atoms with van der Waals surface area (Å²) in [6, 6.07) is 5.44. The summed E-state index contributed by atoms with van der Waals surface area (Å²) in [6.45, 7) is 4.20. The molecule has 1 heterocycles. The van der Waals surface area contributed by atoms with Crippen molar-refractivity contribution in [2.75, 3.05) is 7.11 Å². The molecule has 0 saturated heterocycles. The molecule has 6 heteroatoms. The van der Waals surface area contributed by atoms with Gasteiger partial charge in [-0.25, -0.2) is 0 Å². The van der Waals surface area contributed by atoms with Crippen molar-refractivity contribution in [3.05, 3.63) is 35.5 Å². The predicted molar refractivity (Wildman–Crippen MR) is 78.2 cm³/mol. The lowest BCUT2D eigenvalue weighted by molar-refractivity contribution is 0.279. The fourth-order valence-electron chi connectivity index (χ4n) is 1.95. The number of methoxy groups -OCH3 is 1. The van der Waals surface area contributed by atoms with Crippen LogP contribution in [-0.4, -0.2) is 17.3 Å². The minimum atomic E-state index is -0.133. The lowest BCUT2D eigenvalue weighted by Gasteiger charge is -2.14. The third-order valence-corrected chi connectivity index (χ3v) is 3.04. The quantitative estimate of drug-likeness (QED) is 0.844. The van der Waals surface area contributed by atoms with Gasteiger partial charge in [-0.3, -0.25) is 0 Å². The zero-order valence-corrected chi connectivity index (χ0v) is 12.6. The van der Waals surface area contributed by atoms with Gasteiger partial charge in [0.2, 0.25) is 11.7 Å². The van der Waals surface area contributed by atoms with Crippen molar-refractivity contribution >= 4 is 0 Å². The van der Waals surface area contributed by atoms with E-state index in [0.717, 1.165) is 18.4 Å². The third kappa shape index (κ3) is 3.95. The first-order valence-electron chi connectivity index (χ1n) is 7.01. The fourth-order valence-corrected chi connectivity index (χ4v) is 1.95. The topological polar surface area (TPSA) is 83.4 Å². The van der Waals surface area contributed by atoms with Gasteiger partial charge in [-0.2, -0.15) is 4.98 Å². The molecule has 0 amide bonds. The molecular weight excluding hydrogens is 270 g/mol. The molecule has 2 rings (SSSR count). The van der Waals surface area contributed by atoms with Crippen LogP contribution in [0.1, 0.15) is 43.6 Å². The Balaban J connectivity index is 2.10. The maximum absolute atomic E-state index is 5.95. The van der Waals surface area contributed by atoms with Crippen molar-refractivity contribution < 1.29 is 14.0 Å². The largest absolute Gasteiger partial charge is 0.497 e. The molecule has 0 aliphatic carbocycles. The Hall–Kier alpha value is -2.08. The first-order valence-corrected chi connectivity index (χ1v) is 7.01. The Morgan fingerprint density at radius 3 is 2.86 bits per heavy atom. The Morgan fingerprint density at radius 2 is 2.19 bits per heavy atom. The van der Waals surface area contributed by atoms with Crippen molar-refractivity contribution in [1.82, 2.24) is 10.1 Å². The lowest BCUT2D eigenvalue weighted by atomic mass is 10.1. The van der Waals surface area contributed by atoms with Crippen LogP contribution in [0.2, 0.25) is 0 Å². The molecule has 2 aromatic rings. The van der Waals surface area contributed by atoms with Crippen molar-refractivity contribution in [3.8, 4) is 11.5 Å². The van der Waals surface area contributed by atoms with E-state index in [9.17, 15) is 0 Å². The van der Waals surface area contributed by atoms with Gasteiger partial charge in [0, 0.05) is 24.1 Å². The number of nitrogens with two attached hydrogens (primary N) is 1. The Morgan fingerprint density at radius 1 is 1.38 bits per heavy atom. The highest BCUT2D eigenvalue weighted by Gasteiger charge is 2.12. The molecule has 1 aromatic heterocycles. The fraction of sp³-hybridized carbons (Fsp3) is 0.467. The van der Waals surface area contributed by atoms with Crippen molar-refractivity contribution in [1.29, 1.82) is 0 Å². The molecule has 0 saturated carbocycles. The van der Waals surface area contributed by atoms with Crippen LogP contribution in [-0.2, 0) is 13.0 Å². The van der Waals surface area contributed by atoms with Crippen LogP contribution in [0.4, 0.5) is 0 Å². The average Bonchev–Trinajstić information content (AvgIpc) is 2.92. The Bertz CT molecular complexity index is 581. The van der Waals surface area contributed by atoms with Gasteiger partial charge >= 0.3 is 0 Å². The predicted octanol–water partition coefficient (Wildman–Crippen LogP) is 2.63. The van der Waals surface area contributed by atoms with E-state index >= 15 is 0 Å². The zero-order valence-electron chi connectivity index (χ0n) is 12.6. The second kappa shape index (κ2) is 7.08. The van der Waals surface area contributed by atoms with Gasteiger partial charge in [0.05, 0.1) is 7.11 Å². The van der Waals surface area contributed by atoms with Gasteiger partial charge in [0.25, 0.3) is 0 Å². The molecule has 2 N–H and O–H groups in total. The molecule has 0 aliphatic rings. The summed E-state index contributed by atoms with van der Waals surface area (Å²) in [5.74, 6) is 2.55. The number of aryl methyl sites for hydroxylation is 1. The van der Waals surface area contributed by atoms with Gasteiger partial charge in [0.1, 0.15) is 11.5 Å². The molecule has 0 radical (unpaired) electrons. The molecule has 6 nitrogen and oxygen atoms in total. The van der Waals surface area contributed by atoms with Gasteiger partial charge in [-0.05, 0) is 19.4 Å². The van der Waals surface area contributed by atoms with E-state index in [1.165, 1.54) is 0 Å². The van der Waals surface area contributed by atoms with Crippen LogP contribution in [0.5, 0.6) is 11.5 Å². The van der Waals surface area contributed by atoms with Gasteiger partial charge in [0.15, 0.2) is 6.61 Å². The van der Waals surface area contributed by atoms with E-state index in [4.69, 9.17) is 19.7 Å². The molecule has 21 heavy (non-hydrogen) atoms.